The van der Waals surface area contributed by atoms with Gasteiger partial charge in [0.25, 0.3) is 0 Å². The number of ether oxygens (including phenoxy) is 4. The second-order valence-corrected chi connectivity index (χ2v) is 32.2. The van der Waals surface area contributed by atoms with Gasteiger partial charge in [-0.15, -0.1) is 0 Å². The van der Waals surface area contributed by atoms with Crippen LogP contribution in [0.4, 0.5) is 0 Å². The first kappa shape index (κ1) is 93.1. The molecule has 95 heavy (non-hydrogen) atoms. The fourth-order valence-electron chi connectivity index (χ4n) is 11.6. The molecule has 0 aliphatic rings. The van der Waals surface area contributed by atoms with Crippen molar-refractivity contribution in [1.82, 2.24) is 0 Å². The summed E-state index contributed by atoms with van der Waals surface area (Å²) in [5, 5.41) is 10.6. The third kappa shape index (κ3) is 70.3. The van der Waals surface area contributed by atoms with Crippen molar-refractivity contribution in [3.8, 4) is 0 Å². The van der Waals surface area contributed by atoms with Gasteiger partial charge in [-0.2, -0.15) is 0 Å². The molecule has 0 spiro atoms. The van der Waals surface area contributed by atoms with Gasteiger partial charge in [-0.1, -0.05) is 331 Å². The summed E-state index contributed by atoms with van der Waals surface area (Å²) in [6.07, 6.45) is 50.2. The van der Waals surface area contributed by atoms with Gasteiger partial charge in [-0.25, -0.2) is 9.13 Å². The Hall–Kier alpha value is -1.94. The van der Waals surface area contributed by atoms with E-state index in [1.54, 1.807) is 0 Å². The number of phosphoric ester groups is 2. The molecule has 0 aromatic rings. The highest BCUT2D eigenvalue weighted by atomic mass is 31.2. The molecule has 17 nitrogen and oxygen atoms in total. The highest BCUT2D eigenvalue weighted by Crippen LogP contribution is 2.45. The number of carbonyl (C=O) groups excluding carboxylic acids is 4. The van der Waals surface area contributed by atoms with Crippen molar-refractivity contribution in [3.63, 3.8) is 0 Å². The molecule has 0 rings (SSSR count). The smallest absolute Gasteiger partial charge is 0.462 e. The van der Waals surface area contributed by atoms with Crippen LogP contribution in [-0.2, 0) is 65.4 Å². The number of phosphoric acid groups is 2. The number of aliphatic hydroxyl groups is 1. The fourth-order valence-corrected chi connectivity index (χ4v) is 13.1. The van der Waals surface area contributed by atoms with Gasteiger partial charge in [-0.05, 0) is 49.4 Å². The van der Waals surface area contributed by atoms with Crippen molar-refractivity contribution >= 4 is 39.5 Å². The molecule has 3 N–H and O–H groups in total. The minimum Gasteiger partial charge on any atom is -0.462 e. The van der Waals surface area contributed by atoms with E-state index in [1.165, 1.54) is 186 Å². The fraction of sp³-hybridized carbons (Fsp3) is 0.947. The first-order chi connectivity index (χ1) is 45.6. The topological polar surface area (TPSA) is 237 Å². The molecule has 0 aromatic heterocycles. The predicted molar refractivity (Wildman–Crippen MR) is 386 cm³/mol. The van der Waals surface area contributed by atoms with E-state index in [1.807, 2.05) is 0 Å². The highest BCUT2D eigenvalue weighted by Gasteiger charge is 2.30. The zero-order chi connectivity index (χ0) is 70.3. The minimum atomic E-state index is -4.96. The molecule has 3 unspecified atom stereocenters. The van der Waals surface area contributed by atoms with Crippen molar-refractivity contribution in [2.75, 3.05) is 39.6 Å². The Morgan fingerprint density at radius 1 is 0.263 bits per heavy atom. The predicted octanol–water partition coefficient (Wildman–Crippen LogP) is 22.0. The number of unbranched alkanes of at least 4 members (excludes halogenated alkanes) is 39. The zero-order valence-corrected chi connectivity index (χ0v) is 64.1. The second-order valence-electron chi connectivity index (χ2n) is 29.3. The van der Waals surface area contributed by atoms with Crippen LogP contribution in [0.5, 0.6) is 0 Å². The Balaban J connectivity index is 5.21. The monoisotopic (exact) mass is 1400 g/mol. The normalized spacial score (nSPS) is 14.1. The third-order valence-corrected chi connectivity index (χ3v) is 19.5. The Bertz CT molecular complexity index is 1870. The largest absolute Gasteiger partial charge is 0.472 e. The summed E-state index contributed by atoms with van der Waals surface area (Å²) in [7, 11) is -9.91. The summed E-state index contributed by atoms with van der Waals surface area (Å²) in [5.41, 5.74) is 0. The molecular weight excluding hydrogens is 1250 g/mol. The van der Waals surface area contributed by atoms with Crippen LogP contribution in [0.3, 0.4) is 0 Å². The van der Waals surface area contributed by atoms with Crippen LogP contribution in [0.1, 0.15) is 383 Å². The molecule has 564 valence electrons. The van der Waals surface area contributed by atoms with E-state index in [-0.39, 0.29) is 25.7 Å². The van der Waals surface area contributed by atoms with E-state index in [9.17, 15) is 43.2 Å². The summed E-state index contributed by atoms with van der Waals surface area (Å²) in [5.74, 6) is 0.870. The van der Waals surface area contributed by atoms with E-state index in [0.717, 1.165) is 108 Å². The summed E-state index contributed by atoms with van der Waals surface area (Å²) in [6.45, 7) is 14.1. The van der Waals surface area contributed by atoms with Gasteiger partial charge in [0, 0.05) is 25.7 Å². The molecule has 0 heterocycles. The summed E-state index contributed by atoms with van der Waals surface area (Å²) in [6, 6.07) is 0. The van der Waals surface area contributed by atoms with Crippen molar-refractivity contribution in [1.29, 1.82) is 0 Å². The second kappa shape index (κ2) is 65.4. The van der Waals surface area contributed by atoms with Crippen LogP contribution in [0.25, 0.3) is 0 Å². The Morgan fingerprint density at radius 2 is 0.442 bits per heavy atom. The van der Waals surface area contributed by atoms with E-state index >= 15 is 0 Å². The maximum atomic E-state index is 13.1. The SMILES string of the molecule is CC(C)CCCCCCCCCCCCCCCCCCC(=O)O[C@H](COC(=O)CCCCCCCCCCCCCCCC(C)C)COP(=O)(O)OCC(O)COP(=O)(O)OC[C@@H](COC(=O)CCCCCCCCCCC(C)C)OC(=O)CCCCCCCCC(C)C. The molecule has 5 atom stereocenters. The summed E-state index contributed by atoms with van der Waals surface area (Å²) < 4.78 is 68.5. The van der Waals surface area contributed by atoms with E-state index < -0.39 is 97.5 Å². The third-order valence-electron chi connectivity index (χ3n) is 17.6. The number of hydrogen-bond donors (Lipinski definition) is 3. The van der Waals surface area contributed by atoms with E-state index in [4.69, 9.17) is 37.0 Å². The molecule has 0 saturated carbocycles. The van der Waals surface area contributed by atoms with Gasteiger partial charge in [0.1, 0.15) is 19.3 Å². The molecular formula is C76H148O17P2. The Kier molecular flexibility index (Phi) is 64.0. The highest BCUT2D eigenvalue weighted by molar-refractivity contribution is 7.47. The van der Waals surface area contributed by atoms with Crippen LogP contribution in [0.2, 0.25) is 0 Å². The number of rotatable bonds is 73. The van der Waals surface area contributed by atoms with Gasteiger partial charge in [-0.3, -0.25) is 37.3 Å². The molecule has 19 heteroatoms. The van der Waals surface area contributed by atoms with Gasteiger partial charge in [0.05, 0.1) is 26.4 Å². The first-order valence-electron chi connectivity index (χ1n) is 39.2. The maximum absolute atomic E-state index is 13.1. The standard InChI is InChI=1S/C76H148O17P2/c1-66(2)52-44-36-28-22-18-14-11-9-10-12-16-21-25-33-42-50-58-75(80)92-71(62-86-73(78)56-48-40-31-24-20-17-13-15-19-23-29-37-45-53-67(3)4)64-90-94(82,83)88-60-70(77)61-89-95(84,85)91-65-72(93-76(81)59-51-43-35-34-39-47-55-69(7)8)63-87-74(79)57-49-41-32-27-26-30-38-46-54-68(5)6/h66-72,77H,9-65H2,1-8H3,(H,82,83)(H,84,85)/t70?,71-,72-/m1/s1. The van der Waals surface area contributed by atoms with Gasteiger partial charge in [0.2, 0.25) is 0 Å². The van der Waals surface area contributed by atoms with Crippen LogP contribution in [0.15, 0.2) is 0 Å². The van der Waals surface area contributed by atoms with Crippen LogP contribution in [-0.4, -0.2) is 96.7 Å². The Morgan fingerprint density at radius 3 is 0.653 bits per heavy atom. The molecule has 0 aromatic carbocycles. The van der Waals surface area contributed by atoms with Crippen molar-refractivity contribution in [2.24, 2.45) is 23.7 Å². The maximum Gasteiger partial charge on any atom is 0.472 e. The summed E-state index contributed by atoms with van der Waals surface area (Å²) in [4.78, 5) is 72.7. The zero-order valence-electron chi connectivity index (χ0n) is 62.3. The molecule has 0 amide bonds. The number of hydrogen-bond acceptors (Lipinski definition) is 15. The molecule has 0 aliphatic carbocycles. The van der Waals surface area contributed by atoms with Crippen molar-refractivity contribution in [3.05, 3.63) is 0 Å². The lowest BCUT2D eigenvalue weighted by molar-refractivity contribution is -0.161. The lowest BCUT2D eigenvalue weighted by Crippen LogP contribution is -2.30. The first-order valence-corrected chi connectivity index (χ1v) is 42.2. The molecule has 0 radical (unpaired) electrons. The Labute approximate surface area is 581 Å². The van der Waals surface area contributed by atoms with Crippen LogP contribution >= 0.6 is 15.6 Å². The van der Waals surface area contributed by atoms with E-state index in [0.29, 0.717) is 31.6 Å². The number of carbonyl (C=O) groups is 4. The number of esters is 4. The average molecular weight is 1400 g/mol. The molecule has 0 fully saturated rings. The molecule has 0 aliphatic heterocycles. The van der Waals surface area contributed by atoms with Gasteiger partial charge in [0.15, 0.2) is 12.2 Å². The molecule has 0 bridgehead atoms. The average Bonchev–Trinajstić information content (AvgIpc) is 1.22. The van der Waals surface area contributed by atoms with E-state index in [2.05, 4.69) is 55.4 Å². The van der Waals surface area contributed by atoms with Crippen molar-refractivity contribution < 1.29 is 80.2 Å². The van der Waals surface area contributed by atoms with Crippen LogP contribution in [0, 0.1) is 23.7 Å². The van der Waals surface area contributed by atoms with Crippen molar-refractivity contribution in [2.45, 2.75) is 401 Å². The summed E-state index contributed by atoms with van der Waals surface area (Å²) >= 11 is 0. The molecule has 0 saturated heterocycles. The van der Waals surface area contributed by atoms with Gasteiger partial charge < -0.3 is 33.8 Å². The quantitative estimate of drug-likeness (QED) is 0.0222. The van der Waals surface area contributed by atoms with Crippen LogP contribution < -0.4 is 0 Å². The number of aliphatic hydroxyl groups excluding tert-OH is 1. The minimum absolute atomic E-state index is 0.101. The lowest BCUT2D eigenvalue weighted by atomic mass is 10.0. The lowest BCUT2D eigenvalue weighted by Gasteiger charge is -2.21. The van der Waals surface area contributed by atoms with Gasteiger partial charge >= 0.3 is 39.5 Å².